The van der Waals surface area contributed by atoms with Crippen LogP contribution in [0.4, 0.5) is 11.6 Å². The summed E-state index contributed by atoms with van der Waals surface area (Å²) in [5.74, 6) is 0.249. The first-order chi connectivity index (χ1) is 11.3. The lowest BCUT2D eigenvalue weighted by atomic mass is 9.99. The number of aromatic amines is 1. The Hall–Kier alpha value is -2.30. The van der Waals surface area contributed by atoms with Gasteiger partial charge < -0.3 is 15.0 Å². The number of anilines is 2. The van der Waals surface area contributed by atoms with E-state index in [1.807, 2.05) is 0 Å². The third-order valence-corrected chi connectivity index (χ3v) is 4.79. The number of ether oxygens (including phenoxy) is 1. The maximum atomic E-state index is 11.8. The van der Waals surface area contributed by atoms with E-state index in [-0.39, 0.29) is 5.97 Å². The van der Waals surface area contributed by atoms with Crippen molar-refractivity contribution in [3.8, 4) is 0 Å². The van der Waals surface area contributed by atoms with Gasteiger partial charge in [0.2, 0.25) is 5.95 Å². The highest BCUT2D eigenvalue weighted by atomic mass is 16.5. The SMILES string of the molecule is CCOC(=O)c1cnc(Nc2c3c(cc4c2CCC4)CCC3)[nH]1. The van der Waals surface area contributed by atoms with Crippen LogP contribution in [0.1, 0.15) is 52.5 Å². The molecule has 0 atom stereocenters. The molecule has 0 aliphatic heterocycles. The molecule has 2 aliphatic carbocycles. The van der Waals surface area contributed by atoms with Gasteiger partial charge in [0.25, 0.3) is 0 Å². The molecule has 0 spiro atoms. The van der Waals surface area contributed by atoms with Gasteiger partial charge in [-0.05, 0) is 67.7 Å². The number of hydrogen-bond donors (Lipinski definition) is 2. The van der Waals surface area contributed by atoms with Crippen molar-refractivity contribution in [1.29, 1.82) is 0 Å². The van der Waals surface area contributed by atoms with Gasteiger partial charge in [0, 0.05) is 5.69 Å². The minimum atomic E-state index is -0.364. The van der Waals surface area contributed by atoms with Crippen molar-refractivity contribution in [1.82, 2.24) is 9.97 Å². The third-order valence-electron chi connectivity index (χ3n) is 4.79. The van der Waals surface area contributed by atoms with Gasteiger partial charge in [-0.1, -0.05) is 6.07 Å². The minimum Gasteiger partial charge on any atom is -0.461 e. The highest BCUT2D eigenvalue weighted by Crippen LogP contribution is 2.39. The Morgan fingerprint density at radius 2 is 1.91 bits per heavy atom. The predicted molar refractivity (Wildman–Crippen MR) is 88.3 cm³/mol. The molecule has 1 aromatic carbocycles. The molecule has 0 fully saturated rings. The van der Waals surface area contributed by atoms with Gasteiger partial charge in [0.15, 0.2) is 0 Å². The number of aryl methyl sites for hydroxylation is 2. The molecule has 0 unspecified atom stereocenters. The fourth-order valence-corrected chi connectivity index (χ4v) is 3.78. The van der Waals surface area contributed by atoms with Gasteiger partial charge in [-0.25, -0.2) is 9.78 Å². The molecule has 1 heterocycles. The number of carbonyl (C=O) groups excluding carboxylic acids is 1. The Labute approximate surface area is 135 Å². The van der Waals surface area contributed by atoms with Gasteiger partial charge in [0.05, 0.1) is 12.8 Å². The van der Waals surface area contributed by atoms with Crippen molar-refractivity contribution in [2.24, 2.45) is 0 Å². The Morgan fingerprint density at radius 3 is 2.57 bits per heavy atom. The Morgan fingerprint density at radius 1 is 1.22 bits per heavy atom. The Balaban J connectivity index is 1.66. The first kappa shape index (κ1) is 14.3. The molecule has 0 saturated carbocycles. The summed E-state index contributed by atoms with van der Waals surface area (Å²) in [5, 5.41) is 3.45. The number of aromatic nitrogens is 2. The first-order valence-electron chi connectivity index (χ1n) is 8.42. The monoisotopic (exact) mass is 311 g/mol. The van der Waals surface area contributed by atoms with Crippen molar-refractivity contribution in [3.05, 3.63) is 40.2 Å². The van der Waals surface area contributed by atoms with Crippen molar-refractivity contribution in [3.63, 3.8) is 0 Å². The number of H-pyrrole nitrogens is 1. The Kier molecular flexibility index (Phi) is 3.56. The van der Waals surface area contributed by atoms with Crippen molar-refractivity contribution in [2.75, 3.05) is 11.9 Å². The average molecular weight is 311 g/mol. The van der Waals surface area contributed by atoms with E-state index in [1.54, 1.807) is 6.92 Å². The average Bonchev–Trinajstić information content (AvgIpc) is 3.26. The van der Waals surface area contributed by atoms with Gasteiger partial charge in [-0.2, -0.15) is 0 Å². The Bertz CT molecular complexity index is 732. The number of nitrogens with one attached hydrogen (secondary N) is 2. The summed E-state index contributed by atoms with van der Waals surface area (Å²) in [6.45, 7) is 2.16. The molecule has 120 valence electrons. The van der Waals surface area contributed by atoms with E-state index < -0.39 is 0 Å². The second-order valence-electron chi connectivity index (χ2n) is 6.22. The summed E-state index contributed by atoms with van der Waals surface area (Å²) in [6.07, 6.45) is 8.56. The van der Waals surface area contributed by atoms with Gasteiger partial charge >= 0.3 is 5.97 Å². The molecule has 0 radical (unpaired) electrons. The number of fused-ring (bicyclic) bond motifs is 2. The zero-order valence-corrected chi connectivity index (χ0v) is 13.4. The highest BCUT2D eigenvalue weighted by Gasteiger charge is 2.24. The lowest BCUT2D eigenvalue weighted by Gasteiger charge is -2.15. The topological polar surface area (TPSA) is 67.0 Å². The summed E-state index contributed by atoms with van der Waals surface area (Å²) in [5.41, 5.74) is 7.42. The molecule has 5 heteroatoms. The summed E-state index contributed by atoms with van der Waals surface area (Å²) in [4.78, 5) is 19.1. The number of hydrogen-bond acceptors (Lipinski definition) is 4. The number of nitrogens with zero attached hydrogens (tertiary/aromatic N) is 1. The van der Waals surface area contributed by atoms with Crippen molar-refractivity contribution >= 4 is 17.6 Å². The van der Waals surface area contributed by atoms with Crippen LogP contribution in [0.15, 0.2) is 12.3 Å². The predicted octanol–water partition coefficient (Wildman–Crippen LogP) is 3.31. The van der Waals surface area contributed by atoms with Crippen LogP contribution in [0.2, 0.25) is 0 Å². The van der Waals surface area contributed by atoms with Gasteiger partial charge in [-0.15, -0.1) is 0 Å². The second kappa shape index (κ2) is 5.72. The molecule has 2 aromatic rings. The molecule has 0 saturated heterocycles. The summed E-state index contributed by atoms with van der Waals surface area (Å²) in [6, 6.07) is 2.40. The normalized spacial score (nSPS) is 15.3. The van der Waals surface area contributed by atoms with Crippen LogP contribution in [0.25, 0.3) is 0 Å². The van der Waals surface area contributed by atoms with E-state index in [0.717, 1.165) is 12.8 Å². The minimum absolute atomic E-state index is 0.361. The van der Waals surface area contributed by atoms with Crippen LogP contribution < -0.4 is 5.32 Å². The lowest BCUT2D eigenvalue weighted by molar-refractivity contribution is 0.0520. The number of imidazole rings is 1. The standard InChI is InChI=1S/C18H21N3O2/c1-2-23-17(22)15-10-19-18(20-15)21-16-13-7-3-5-11(13)9-12-6-4-8-14(12)16/h9-10H,2-8H2,1H3,(H2,19,20,21). The van der Waals surface area contributed by atoms with E-state index >= 15 is 0 Å². The number of esters is 1. The van der Waals surface area contributed by atoms with Crippen molar-refractivity contribution < 1.29 is 9.53 Å². The molecule has 0 bridgehead atoms. The molecular formula is C18H21N3O2. The quantitative estimate of drug-likeness (QED) is 0.850. The molecule has 23 heavy (non-hydrogen) atoms. The maximum Gasteiger partial charge on any atom is 0.356 e. The van der Waals surface area contributed by atoms with E-state index in [2.05, 4.69) is 21.4 Å². The van der Waals surface area contributed by atoms with E-state index in [9.17, 15) is 4.79 Å². The molecule has 2 aliphatic rings. The van der Waals surface area contributed by atoms with Crippen molar-refractivity contribution in [2.45, 2.75) is 45.4 Å². The van der Waals surface area contributed by atoms with Crippen LogP contribution in [-0.2, 0) is 30.4 Å². The largest absolute Gasteiger partial charge is 0.461 e. The van der Waals surface area contributed by atoms with Crippen LogP contribution in [0.5, 0.6) is 0 Å². The van der Waals surface area contributed by atoms with Crippen LogP contribution in [0, 0.1) is 0 Å². The molecule has 4 rings (SSSR count). The first-order valence-corrected chi connectivity index (χ1v) is 8.42. The molecular weight excluding hydrogens is 290 g/mol. The number of carbonyl (C=O) groups is 1. The second-order valence-corrected chi connectivity index (χ2v) is 6.22. The van der Waals surface area contributed by atoms with Crippen LogP contribution in [-0.4, -0.2) is 22.5 Å². The van der Waals surface area contributed by atoms with Crippen LogP contribution >= 0.6 is 0 Å². The molecule has 5 nitrogen and oxygen atoms in total. The van der Waals surface area contributed by atoms with E-state index in [4.69, 9.17) is 4.74 Å². The third kappa shape index (κ3) is 2.50. The lowest BCUT2D eigenvalue weighted by Crippen LogP contribution is -2.06. The fraction of sp³-hybridized carbons (Fsp3) is 0.444. The zero-order chi connectivity index (χ0) is 15.8. The fourth-order valence-electron chi connectivity index (χ4n) is 3.78. The zero-order valence-electron chi connectivity index (χ0n) is 13.4. The summed E-state index contributed by atoms with van der Waals surface area (Å²) >= 11 is 0. The van der Waals surface area contributed by atoms with E-state index in [1.165, 1.54) is 59.8 Å². The molecule has 1 aromatic heterocycles. The maximum absolute atomic E-state index is 11.8. The summed E-state index contributed by atoms with van der Waals surface area (Å²) in [7, 11) is 0. The highest BCUT2D eigenvalue weighted by molar-refractivity contribution is 5.87. The number of rotatable bonds is 4. The van der Waals surface area contributed by atoms with Gasteiger partial charge in [-0.3, -0.25) is 0 Å². The number of benzene rings is 1. The molecule has 0 amide bonds. The summed E-state index contributed by atoms with van der Waals surface area (Å²) < 4.78 is 5.00. The smallest absolute Gasteiger partial charge is 0.356 e. The van der Waals surface area contributed by atoms with Gasteiger partial charge in [0.1, 0.15) is 5.69 Å². The van der Waals surface area contributed by atoms with Crippen LogP contribution in [0.3, 0.4) is 0 Å². The molecule has 2 N–H and O–H groups in total. The van der Waals surface area contributed by atoms with E-state index in [0.29, 0.717) is 18.2 Å².